The second-order valence-electron chi connectivity index (χ2n) is 19.3. The van der Waals surface area contributed by atoms with Gasteiger partial charge in [-0.2, -0.15) is 0 Å². The highest BCUT2D eigenvalue weighted by Gasteiger charge is 2.46. The second kappa shape index (κ2) is 24.2. The number of amides is 8. The number of aliphatic hydroxyl groups is 1. The first-order valence-corrected chi connectivity index (χ1v) is 25.5. The third-order valence-electron chi connectivity index (χ3n) is 14.1. The number of esters is 1. The highest BCUT2D eigenvalue weighted by atomic mass is 19.1. The maximum atomic E-state index is 15.4. The van der Waals surface area contributed by atoms with E-state index in [1.54, 1.807) is 50.2 Å². The van der Waals surface area contributed by atoms with Crippen LogP contribution in [0.25, 0.3) is 22.3 Å². The van der Waals surface area contributed by atoms with Gasteiger partial charge in [0.2, 0.25) is 35.4 Å². The molecular weight excluding hydrogens is 1020 g/mol. The number of imide groups is 1. The molecule has 0 saturated heterocycles. The molecule has 0 saturated carbocycles. The van der Waals surface area contributed by atoms with Crippen LogP contribution >= 0.6 is 0 Å². The van der Waals surface area contributed by atoms with Crippen molar-refractivity contribution in [2.24, 2.45) is 0 Å². The van der Waals surface area contributed by atoms with Gasteiger partial charge < -0.3 is 51.0 Å². The first kappa shape index (κ1) is 55.7. The molecule has 0 bridgehead atoms. The van der Waals surface area contributed by atoms with Crippen LogP contribution in [0.5, 0.6) is 0 Å². The molecule has 0 unspecified atom stereocenters. The first-order valence-electron chi connectivity index (χ1n) is 25.5. The average Bonchev–Trinajstić information content (AvgIpc) is 4.15. The van der Waals surface area contributed by atoms with Crippen LogP contribution in [0.15, 0.2) is 59.4 Å². The Kier molecular flexibility index (Phi) is 17.3. The Morgan fingerprint density at radius 2 is 1.56 bits per heavy atom. The Hall–Kier alpha value is -8.51. The Morgan fingerprint density at radius 1 is 0.859 bits per heavy atom. The van der Waals surface area contributed by atoms with Gasteiger partial charge in [-0.05, 0) is 67.3 Å². The monoisotopic (exact) mass is 1080 g/mol. The Bertz CT molecular complexity index is 3220. The van der Waals surface area contributed by atoms with Crippen LogP contribution in [-0.4, -0.2) is 124 Å². The van der Waals surface area contributed by atoms with E-state index < -0.39 is 116 Å². The summed E-state index contributed by atoms with van der Waals surface area (Å²) in [6.07, 6.45) is 4.08. The lowest BCUT2D eigenvalue weighted by Gasteiger charge is -2.31. The van der Waals surface area contributed by atoms with E-state index in [1.807, 2.05) is 0 Å². The normalized spacial score (nSPS) is 17.1. The number of rotatable bonds is 24. The molecule has 4 aromatic rings. The van der Waals surface area contributed by atoms with Gasteiger partial charge in [0, 0.05) is 54.1 Å². The Labute approximate surface area is 445 Å². The zero-order valence-electron chi connectivity index (χ0n) is 42.8. The summed E-state index contributed by atoms with van der Waals surface area (Å²) in [7, 11) is 0. The molecule has 3 aliphatic heterocycles. The minimum Gasteiger partial charge on any atom is -0.458 e. The molecule has 24 heteroatoms. The zero-order chi connectivity index (χ0) is 55.8. The minimum atomic E-state index is -2.07. The molecule has 8 rings (SSSR count). The van der Waals surface area contributed by atoms with Crippen molar-refractivity contribution in [1.29, 1.82) is 0 Å². The van der Waals surface area contributed by atoms with Crippen LogP contribution < -0.4 is 37.5 Å². The van der Waals surface area contributed by atoms with Gasteiger partial charge in [0.1, 0.15) is 31.8 Å². The van der Waals surface area contributed by atoms with E-state index in [-0.39, 0.29) is 67.4 Å². The third-order valence-corrected chi connectivity index (χ3v) is 14.1. The van der Waals surface area contributed by atoms with Crippen molar-refractivity contribution in [1.82, 2.24) is 46.4 Å². The van der Waals surface area contributed by atoms with Crippen LogP contribution in [0.2, 0.25) is 0 Å². The largest absolute Gasteiger partial charge is 0.458 e. The number of unbranched alkanes of at least 4 members (excludes halogenated alkanes) is 2. The average molecular weight is 1080 g/mol. The lowest BCUT2D eigenvalue weighted by atomic mass is 9.81. The first-order chi connectivity index (χ1) is 37.4. The minimum absolute atomic E-state index is 0.0233. The number of pyridine rings is 2. The van der Waals surface area contributed by atoms with Crippen molar-refractivity contribution < 1.29 is 66.9 Å². The highest BCUT2D eigenvalue weighted by Crippen LogP contribution is 2.46. The van der Waals surface area contributed by atoms with Crippen molar-refractivity contribution >= 4 is 69.9 Å². The Balaban J connectivity index is 0.784. The number of fused-ring (bicyclic) bond motifs is 5. The summed E-state index contributed by atoms with van der Waals surface area (Å²) < 4.78 is 27.3. The summed E-state index contributed by atoms with van der Waals surface area (Å²) in [5.74, 6) is -6.64. The van der Waals surface area contributed by atoms with Gasteiger partial charge in [-0.3, -0.25) is 52.8 Å². The number of benzene rings is 2. The molecule has 8 amide bonds. The Morgan fingerprint density at radius 3 is 2.31 bits per heavy atom. The predicted octanol–water partition coefficient (Wildman–Crippen LogP) is 0.242. The number of halogens is 1. The number of nitrogens with zero attached hydrogens (tertiary/aromatic N) is 3. The van der Waals surface area contributed by atoms with E-state index in [1.165, 1.54) is 22.8 Å². The van der Waals surface area contributed by atoms with Crippen LogP contribution in [0.4, 0.5) is 4.39 Å². The molecule has 3 atom stereocenters. The molecule has 2 aromatic carbocycles. The zero-order valence-corrected chi connectivity index (χ0v) is 42.8. The number of nitrogens with one attached hydrogen (secondary N) is 6. The van der Waals surface area contributed by atoms with Crippen molar-refractivity contribution in [3.8, 4) is 11.4 Å². The van der Waals surface area contributed by atoms with Gasteiger partial charge in [-0.25, -0.2) is 14.2 Å². The highest BCUT2D eigenvalue weighted by molar-refractivity contribution is 6.12. The lowest BCUT2D eigenvalue weighted by Crippen LogP contribution is -2.52. The smallest absolute Gasteiger partial charge is 0.343 e. The van der Waals surface area contributed by atoms with Gasteiger partial charge in [0.05, 0.1) is 61.1 Å². The van der Waals surface area contributed by atoms with Crippen molar-refractivity contribution in [2.45, 2.75) is 102 Å². The molecule has 7 N–H and O–H groups in total. The van der Waals surface area contributed by atoms with Gasteiger partial charge >= 0.3 is 5.97 Å². The number of ether oxygens (including phenoxy) is 2. The van der Waals surface area contributed by atoms with Crippen molar-refractivity contribution in [3.63, 3.8) is 0 Å². The van der Waals surface area contributed by atoms with E-state index in [9.17, 15) is 57.8 Å². The number of hydrogen-bond acceptors (Lipinski definition) is 15. The summed E-state index contributed by atoms with van der Waals surface area (Å²) in [5.41, 5.74) is 1.56. The van der Waals surface area contributed by atoms with E-state index in [4.69, 9.17) is 14.5 Å². The number of cyclic esters (lactones) is 1. The van der Waals surface area contributed by atoms with Crippen LogP contribution in [0, 0.1) is 12.7 Å². The fraction of sp³-hybridized carbons (Fsp3) is 0.407. The van der Waals surface area contributed by atoms with Crippen LogP contribution in [0.1, 0.15) is 96.9 Å². The van der Waals surface area contributed by atoms with Gasteiger partial charge in [0.25, 0.3) is 17.4 Å². The summed E-state index contributed by atoms with van der Waals surface area (Å²) >= 11 is 0. The number of aromatic nitrogens is 2. The topological polar surface area (TPSA) is 320 Å². The lowest BCUT2D eigenvalue weighted by molar-refractivity contribution is -0.172. The third kappa shape index (κ3) is 12.3. The molecule has 5 heterocycles. The quantitative estimate of drug-likeness (QED) is 0.0143. The van der Waals surface area contributed by atoms with Crippen LogP contribution in [0.3, 0.4) is 0 Å². The summed E-state index contributed by atoms with van der Waals surface area (Å²) in [5, 5.41) is 27.1. The molecule has 23 nitrogen and oxygen atoms in total. The molecule has 2 aromatic heterocycles. The fourth-order valence-corrected chi connectivity index (χ4v) is 10.0. The number of carbonyl (C=O) groups is 10. The molecular formula is C54H58FN9O14. The second-order valence-corrected chi connectivity index (χ2v) is 19.3. The number of aryl methyl sites for hydroxylation is 1. The fourth-order valence-electron chi connectivity index (χ4n) is 10.0. The van der Waals surface area contributed by atoms with Gasteiger partial charge in [0.15, 0.2) is 11.4 Å². The molecule has 78 heavy (non-hydrogen) atoms. The number of carbonyl (C=O) groups excluding carboxylic acids is 10. The molecule has 4 aliphatic rings. The van der Waals surface area contributed by atoms with E-state index in [0.717, 1.165) is 4.90 Å². The van der Waals surface area contributed by atoms with Crippen LogP contribution in [-0.2, 0) is 89.0 Å². The predicted molar refractivity (Wildman–Crippen MR) is 272 cm³/mol. The van der Waals surface area contributed by atoms with Gasteiger partial charge in [-0.15, -0.1) is 0 Å². The molecule has 1 aliphatic carbocycles. The number of hydrogen-bond donors (Lipinski definition) is 7. The molecule has 410 valence electrons. The van der Waals surface area contributed by atoms with Crippen molar-refractivity contribution in [3.05, 3.63) is 110 Å². The molecule has 0 spiro atoms. The standard InChI is InChI=1S/C54H58FN9O14/c1-3-54(76)35-20-40-50-33(25-64(40)52(74)34(35)27-78-53(54)75)49-37(14-13-32-29(2)36(55)21-38(62-50)48(32)49)60-42(67)19-31(65)26-77-28-59-44(69)23-58-51(73)39(18-30-10-6-4-7-11-30)61-45(70)24-57-43(68)22-56-41(66)12-8-5-9-17-63-46(71)15-16-47(63)72/h4,6-7,10-11,15-16,20-21,37,39,76H,3,5,8-9,12-14,17-19,22-28H2,1-2H3,(H,56,66)(H,57,68)(H,58,73)(H,59,69)(H,60,67)(H,61,70)/t37-,39-,54-/m0/s1. The number of Topliss-reactive ketones (excluding diaryl/α,β-unsaturated/α-hetero) is 1. The molecule has 0 radical (unpaired) electrons. The summed E-state index contributed by atoms with van der Waals surface area (Å²) in [6.45, 7) is 0.645. The summed E-state index contributed by atoms with van der Waals surface area (Å²) in [6, 6.07) is 9.66. The number of ketones is 1. The maximum Gasteiger partial charge on any atom is 0.343 e. The maximum absolute atomic E-state index is 15.4. The van der Waals surface area contributed by atoms with E-state index >= 15 is 4.39 Å². The summed E-state index contributed by atoms with van der Waals surface area (Å²) in [4.78, 5) is 146. The van der Waals surface area contributed by atoms with Gasteiger partial charge in [-0.1, -0.05) is 43.7 Å². The van der Waals surface area contributed by atoms with E-state index in [0.29, 0.717) is 76.7 Å². The van der Waals surface area contributed by atoms with Crippen molar-refractivity contribution in [2.75, 3.05) is 39.5 Å². The van der Waals surface area contributed by atoms with E-state index in [2.05, 4.69) is 31.9 Å². The molecule has 0 fully saturated rings. The SMILES string of the molecule is CC[C@@]1(O)C(=O)OCc2c1cc1n(c2=O)Cc2c-1nc1cc(F)c(C)c3c1c2[C@@H](NC(=O)CC(=O)COCNC(=O)CNC(=O)[C@H](Cc1ccccc1)NC(=O)CNC(=O)CNC(=O)CCCCCN1C(=O)C=CC1=O)CC3.